The molecule has 4 saturated carbocycles. The molecule has 0 radical (unpaired) electrons. The van der Waals surface area contributed by atoms with Crippen molar-refractivity contribution < 1.29 is 4.79 Å². The van der Waals surface area contributed by atoms with Crippen LogP contribution in [0.2, 0.25) is 0 Å². The number of hydrogen-bond donors (Lipinski definition) is 0. The Kier molecular flexibility index (Phi) is 2.95. The van der Waals surface area contributed by atoms with Crippen molar-refractivity contribution in [3.8, 4) is 0 Å². The zero-order valence-corrected chi connectivity index (χ0v) is 12.1. The number of carbonyl (C=O) groups is 1. The lowest BCUT2D eigenvalue weighted by atomic mass is 9.49. The first-order valence-electron chi connectivity index (χ1n) is 7.85. The molecule has 4 bridgehead atoms. The van der Waals surface area contributed by atoms with Crippen molar-refractivity contribution in [3.63, 3.8) is 0 Å². The van der Waals surface area contributed by atoms with E-state index in [0.29, 0.717) is 11.9 Å². The zero-order valence-electron chi connectivity index (χ0n) is 12.1. The smallest absolute Gasteiger partial charge is 0.229 e. The molecule has 0 aromatic carbocycles. The molecule has 4 rings (SSSR count). The maximum Gasteiger partial charge on any atom is 0.229 e. The van der Waals surface area contributed by atoms with Gasteiger partial charge in [0, 0.05) is 12.6 Å². The van der Waals surface area contributed by atoms with E-state index >= 15 is 0 Å². The van der Waals surface area contributed by atoms with Crippen LogP contribution in [0.15, 0.2) is 0 Å². The highest BCUT2D eigenvalue weighted by Gasteiger charge is 2.55. The minimum atomic E-state index is 0.0506. The van der Waals surface area contributed by atoms with Gasteiger partial charge in [-0.25, -0.2) is 0 Å². The molecule has 1 amide bonds. The van der Waals surface area contributed by atoms with Gasteiger partial charge in [-0.2, -0.15) is 0 Å². The third-order valence-electron chi connectivity index (χ3n) is 5.72. The molecule has 0 aromatic heterocycles. The number of rotatable bonds is 3. The quantitative estimate of drug-likeness (QED) is 0.750. The van der Waals surface area contributed by atoms with Gasteiger partial charge in [0.25, 0.3) is 0 Å². The Balaban J connectivity index is 1.84. The zero-order chi connectivity index (χ0) is 12.9. The molecule has 4 fully saturated rings. The lowest BCUT2D eigenvalue weighted by Crippen LogP contribution is -2.55. The van der Waals surface area contributed by atoms with Crippen LogP contribution >= 0.6 is 0 Å². The Bertz CT molecular complexity index is 312. The molecule has 18 heavy (non-hydrogen) atoms. The van der Waals surface area contributed by atoms with Crippen molar-refractivity contribution in [1.29, 1.82) is 0 Å². The molecule has 0 spiro atoms. The van der Waals surface area contributed by atoms with Gasteiger partial charge in [0.05, 0.1) is 5.41 Å². The van der Waals surface area contributed by atoms with Crippen molar-refractivity contribution in [3.05, 3.63) is 0 Å². The highest BCUT2D eigenvalue weighted by atomic mass is 16.2. The second kappa shape index (κ2) is 4.25. The van der Waals surface area contributed by atoms with Crippen LogP contribution in [0.3, 0.4) is 0 Å². The van der Waals surface area contributed by atoms with Crippen LogP contribution in [0.5, 0.6) is 0 Å². The maximum absolute atomic E-state index is 13.0. The molecule has 2 nitrogen and oxygen atoms in total. The van der Waals surface area contributed by atoms with Gasteiger partial charge in [-0.15, -0.1) is 0 Å². The normalized spacial score (nSPS) is 41.4. The van der Waals surface area contributed by atoms with E-state index in [9.17, 15) is 4.79 Å². The van der Waals surface area contributed by atoms with Crippen LogP contribution < -0.4 is 0 Å². The standard InChI is InChI=1S/C16H27NO/c1-4-17(11(2)3)15(18)16-8-12-5-13(9-16)7-14(6-12)10-16/h11-14H,4-10H2,1-3H3. The molecule has 0 atom stereocenters. The Morgan fingerprint density at radius 2 is 1.56 bits per heavy atom. The topological polar surface area (TPSA) is 20.3 Å². The van der Waals surface area contributed by atoms with Crippen molar-refractivity contribution in [1.82, 2.24) is 4.90 Å². The van der Waals surface area contributed by atoms with Crippen molar-refractivity contribution in [2.75, 3.05) is 6.54 Å². The van der Waals surface area contributed by atoms with Gasteiger partial charge in [-0.1, -0.05) is 0 Å². The number of carbonyl (C=O) groups excluding carboxylic acids is 1. The highest BCUT2D eigenvalue weighted by Crippen LogP contribution is 2.60. The summed E-state index contributed by atoms with van der Waals surface area (Å²) in [5, 5.41) is 0. The van der Waals surface area contributed by atoms with Crippen LogP contribution in [-0.4, -0.2) is 23.4 Å². The molecule has 0 heterocycles. The summed E-state index contributed by atoms with van der Waals surface area (Å²) in [5.41, 5.74) is 0.0506. The summed E-state index contributed by atoms with van der Waals surface area (Å²) in [4.78, 5) is 15.1. The minimum Gasteiger partial charge on any atom is -0.340 e. The summed E-state index contributed by atoms with van der Waals surface area (Å²) in [6, 6.07) is 0.357. The van der Waals surface area contributed by atoms with Crippen LogP contribution in [0, 0.1) is 23.2 Å². The average molecular weight is 249 g/mol. The summed E-state index contributed by atoms with van der Waals surface area (Å²) in [5.74, 6) is 3.09. The number of nitrogens with zero attached hydrogens (tertiary/aromatic N) is 1. The first-order chi connectivity index (χ1) is 8.54. The molecule has 2 heteroatoms. The molecule has 0 unspecified atom stereocenters. The Morgan fingerprint density at radius 1 is 1.11 bits per heavy atom. The van der Waals surface area contributed by atoms with E-state index in [1.165, 1.54) is 38.5 Å². The number of hydrogen-bond acceptors (Lipinski definition) is 1. The van der Waals surface area contributed by atoms with Gasteiger partial charge in [0.2, 0.25) is 5.91 Å². The fourth-order valence-electron chi connectivity index (χ4n) is 5.42. The van der Waals surface area contributed by atoms with E-state index in [4.69, 9.17) is 0 Å². The van der Waals surface area contributed by atoms with Gasteiger partial charge in [-0.05, 0) is 77.0 Å². The largest absolute Gasteiger partial charge is 0.340 e. The van der Waals surface area contributed by atoms with Gasteiger partial charge >= 0.3 is 0 Å². The van der Waals surface area contributed by atoms with E-state index in [1.807, 2.05) is 0 Å². The molecule has 0 saturated heterocycles. The third kappa shape index (κ3) is 1.80. The second-order valence-electron chi connectivity index (χ2n) is 7.38. The third-order valence-corrected chi connectivity index (χ3v) is 5.72. The Morgan fingerprint density at radius 3 is 1.89 bits per heavy atom. The molecule has 102 valence electrons. The first kappa shape index (κ1) is 12.5. The fraction of sp³-hybridized carbons (Fsp3) is 0.938. The lowest BCUT2D eigenvalue weighted by molar-refractivity contribution is -0.159. The van der Waals surface area contributed by atoms with Gasteiger partial charge in [0.15, 0.2) is 0 Å². The van der Waals surface area contributed by atoms with Gasteiger partial charge < -0.3 is 4.90 Å². The van der Waals surface area contributed by atoms with E-state index in [-0.39, 0.29) is 5.41 Å². The van der Waals surface area contributed by atoms with E-state index in [1.54, 1.807) is 0 Å². The van der Waals surface area contributed by atoms with Crippen LogP contribution in [-0.2, 0) is 4.79 Å². The molecule has 4 aliphatic carbocycles. The molecule has 0 aliphatic heterocycles. The monoisotopic (exact) mass is 249 g/mol. The van der Waals surface area contributed by atoms with Crippen LogP contribution in [0.1, 0.15) is 59.3 Å². The minimum absolute atomic E-state index is 0.0506. The summed E-state index contributed by atoms with van der Waals surface area (Å²) < 4.78 is 0. The van der Waals surface area contributed by atoms with Crippen LogP contribution in [0.25, 0.3) is 0 Å². The lowest BCUT2D eigenvalue weighted by Gasteiger charge is -2.57. The van der Waals surface area contributed by atoms with Gasteiger partial charge in [0.1, 0.15) is 0 Å². The fourth-order valence-corrected chi connectivity index (χ4v) is 5.42. The van der Waals surface area contributed by atoms with E-state index in [2.05, 4.69) is 25.7 Å². The molecule has 0 N–H and O–H groups in total. The molecule has 4 aliphatic rings. The summed E-state index contributed by atoms with van der Waals surface area (Å²) in [6.07, 6.45) is 7.84. The molecule has 0 aromatic rings. The highest BCUT2D eigenvalue weighted by molar-refractivity contribution is 5.83. The second-order valence-corrected chi connectivity index (χ2v) is 7.38. The number of amides is 1. The predicted octanol–water partition coefficient (Wildman–Crippen LogP) is 3.46. The summed E-state index contributed by atoms with van der Waals surface area (Å²) in [6.45, 7) is 7.31. The predicted molar refractivity (Wildman–Crippen MR) is 73.1 cm³/mol. The van der Waals surface area contributed by atoms with E-state index in [0.717, 1.165) is 24.3 Å². The van der Waals surface area contributed by atoms with E-state index < -0.39 is 0 Å². The van der Waals surface area contributed by atoms with Crippen molar-refractivity contribution in [2.45, 2.75) is 65.3 Å². The van der Waals surface area contributed by atoms with Crippen molar-refractivity contribution in [2.24, 2.45) is 23.2 Å². The Hall–Kier alpha value is -0.530. The van der Waals surface area contributed by atoms with Gasteiger partial charge in [-0.3, -0.25) is 4.79 Å². The first-order valence-corrected chi connectivity index (χ1v) is 7.85. The Labute approximate surface area is 111 Å². The summed E-state index contributed by atoms with van der Waals surface area (Å²) >= 11 is 0. The molecular weight excluding hydrogens is 222 g/mol. The summed E-state index contributed by atoms with van der Waals surface area (Å²) in [7, 11) is 0. The maximum atomic E-state index is 13.0. The molecular formula is C16H27NO. The average Bonchev–Trinajstić information content (AvgIpc) is 2.27. The van der Waals surface area contributed by atoms with Crippen LogP contribution in [0.4, 0.5) is 0 Å². The van der Waals surface area contributed by atoms with Crippen molar-refractivity contribution >= 4 is 5.91 Å². The SMILES string of the molecule is CCN(C(=O)C12CC3CC(CC(C3)C1)C2)C(C)C.